The van der Waals surface area contributed by atoms with Crippen molar-refractivity contribution in [2.24, 2.45) is 0 Å². The van der Waals surface area contributed by atoms with Crippen LogP contribution in [0.4, 0.5) is 11.4 Å². The van der Waals surface area contributed by atoms with E-state index in [0.717, 1.165) is 5.70 Å². The maximum Gasteiger partial charge on any atom is 0.303 e. The predicted molar refractivity (Wildman–Crippen MR) is 282 cm³/mol. The molecule has 74 heavy (non-hydrogen) atoms. The second-order valence-electron chi connectivity index (χ2n) is 19.0. The first-order valence-electron chi connectivity index (χ1n) is 25.1. The van der Waals surface area contributed by atoms with Crippen LogP contribution in [0.1, 0.15) is 127 Å². The number of carbonyl (C=O) groups excluding carboxylic acids is 3. The van der Waals surface area contributed by atoms with Gasteiger partial charge in [0.05, 0.1) is 26.7 Å². The fraction of sp³-hybridized carbons (Fsp3) is 0.481. The minimum Gasteiger partial charge on any atom is -0.481 e. The molecule has 2 aromatic carbocycles. The zero-order chi connectivity index (χ0) is 54.1. The number of carbonyl (C=O) groups is 4. The molecule has 404 valence electrons. The molecule has 5 rings (SSSR count). The first-order chi connectivity index (χ1) is 35.0. The van der Waals surface area contributed by atoms with E-state index in [9.17, 15) is 58.1 Å². The summed E-state index contributed by atoms with van der Waals surface area (Å²) in [4.78, 5) is 51.7. The highest BCUT2D eigenvalue weighted by molar-refractivity contribution is 7.86. The zero-order valence-electron chi connectivity index (χ0n) is 41.8. The monoisotopic (exact) mass is 1080 g/mol. The van der Waals surface area contributed by atoms with Gasteiger partial charge in [0, 0.05) is 74.3 Å². The van der Waals surface area contributed by atoms with Gasteiger partial charge < -0.3 is 26.0 Å². The first-order valence-corrected chi connectivity index (χ1v) is 29.6. The summed E-state index contributed by atoms with van der Waals surface area (Å²) < 4.78 is 104. The molecule has 19 nitrogen and oxygen atoms in total. The molecular weight excluding hydrogens is 1010 g/mol. The molecule has 3 aliphatic heterocycles. The summed E-state index contributed by atoms with van der Waals surface area (Å²) in [6, 6.07) is 7.74. The minimum absolute atomic E-state index is 0.0400. The number of carboxylic acids is 1. The van der Waals surface area contributed by atoms with E-state index in [1.807, 2.05) is 28.6 Å². The number of rotatable bonds is 13. The van der Waals surface area contributed by atoms with E-state index in [4.69, 9.17) is 5.11 Å². The molecule has 0 aliphatic carbocycles. The number of unbranched alkanes of at least 4 members (excludes halogenated alkanes) is 2. The van der Waals surface area contributed by atoms with E-state index in [2.05, 4.69) is 22.5 Å². The molecule has 0 fully saturated rings. The number of benzene rings is 2. The van der Waals surface area contributed by atoms with Crippen molar-refractivity contribution in [3.05, 3.63) is 102 Å². The Morgan fingerprint density at radius 2 is 1.47 bits per heavy atom. The Kier molecular flexibility index (Phi) is 21.7. The molecule has 0 saturated carbocycles. The van der Waals surface area contributed by atoms with Gasteiger partial charge in [-0.25, -0.2) is 0 Å². The van der Waals surface area contributed by atoms with E-state index in [1.54, 1.807) is 42.5 Å². The third-order valence-corrected chi connectivity index (χ3v) is 15.9. The SMILES string of the molecule is C=C1C2=[N+](CCCCCC(=O)NC(C(=O)NCCCCCC(=O)O)CCCCNC(=O)CCCCCC3(C)/C(=C/C=C/C=C/C=C/2)N(CCCS(=O)(=O)O)c2ccc(S(=O)(=O)O)cc23)c2ccc(S(=O)(=O)O)cc21. The molecule has 2 atom stereocenters. The minimum atomic E-state index is -4.60. The van der Waals surface area contributed by atoms with Crippen molar-refractivity contribution in [1.29, 1.82) is 0 Å². The number of carboxylic acid groups (broad SMARTS) is 1. The van der Waals surface area contributed by atoms with Crippen LogP contribution in [0.15, 0.2) is 101 Å². The molecule has 22 heteroatoms. The molecule has 3 aliphatic rings. The second-order valence-corrected chi connectivity index (χ2v) is 23.4. The van der Waals surface area contributed by atoms with Gasteiger partial charge in [0.1, 0.15) is 12.6 Å². The number of aliphatic carboxylic acids is 1. The van der Waals surface area contributed by atoms with Crippen molar-refractivity contribution in [3.8, 4) is 0 Å². The lowest BCUT2D eigenvalue weighted by Gasteiger charge is -2.30. The Bertz CT molecular complexity index is 2910. The largest absolute Gasteiger partial charge is 0.481 e. The van der Waals surface area contributed by atoms with Crippen LogP contribution in [-0.4, -0.2) is 116 Å². The Morgan fingerprint density at radius 3 is 2.19 bits per heavy atom. The standard InChI is InChI=1S/C52H69N5O14S3/c1-38-41-36-39(73(66,67)68)26-28-45(41)56-33-18-8-12-24-49(59)55-43(51(62)54-32-16-7-13-25-50(60)61)20-14-17-31-53-48(58)23-11-6-15-30-52(2)42-37-40(74(69,70)71)27-29-46(42)57(34-19-35-72(63,64)65)47(52)22-10-5-3-4-9-21-44(38)56/h3-5,9-10,21-22,26-29,36-37,43H,1,6-8,11-20,23-25,30-35H2,2H3,(H6-,53,54,55,58,59,60,61,62,63,64,65,66,67,68,69,70,71)/p+1. The molecule has 3 heterocycles. The molecule has 0 spiro atoms. The fourth-order valence-electron chi connectivity index (χ4n) is 9.51. The van der Waals surface area contributed by atoms with Gasteiger partial charge in [-0.2, -0.15) is 29.8 Å². The van der Waals surface area contributed by atoms with Crippen LogP contribution in [0.3, 0.4) is 0 Å². The summed E-state index contributed by atoms with van der Waals surface area (Å²) in [6.07, 6.45) is 20.1. The summed E-state index contributed by atoms with van der Waals surface area (Å²) in [7, 11) is -13.4. The molecule has 0 radical (unpaired) electrons. The van der Waals surface area contributed by atoms with Crippen LogP contribution < -0.4 is 20.9 Å². The third kappa shape index (κ3) is 17.4. The summed E-state index contributed by atoms with van der Waals surface area (Å²) in [5.74, 6) is -2.18. The average Bonchev–Trinajstić information content (AvgIpc) is 3.71. The summed E-state index contributed by atoms with van der Waals surface area (Å²) >= 11 is 0. The molecule has 2 unspecified atom stereocenters. The maximum atomic E-state index is 13.3. The number of anilines is 1. The van der Waals surface area contributed by atoms with Gasteiger partial charge in [-0.05, 0) is 113 Å². The topological polar surface area (TPSA) is 294 Å². The number of hydrogen-bond acceptors (Lipinski definition) is 11. The Labute approximate surface area is 434 Å². The van der Waals surface area contributed by atoms with Gasteiger partial charge in [-0.15, -0.1) is 0 Å². The molecule has 0 bridgehead atoms. The summed E-state index contributed by atoms with van der Waals surface area (Å²) in [5.41, 5.74) is 3.48. The van der Waals surface area contributed by atoms with Crippen molar-refractivity contribution < 1.29 is 67.8 Å². The second kappa shape index (κ2) is 27.1. The van der Waals surface area contributed by atoms with Gasteiger partial charge in [0.25, 0.3) is 30.4 Å². The van der Waals surface area contributed by atoms with Gasteiger partial charge in [0.15, 0.2) is 0 Å². The van der Waals surface area contributed by atoms with Crippen molar-refractivity contribution in [1.82, 2.24) is 16.0 Å². The number of nitrogens with zero attached hydrogens (tertiary/aromatic N) is 2. The van der Waals surface area contributed by atoms with Gasteiger partial charge in [0.2, 0.25) is 29.1 Å². The van der Waals surface area contributed by atoms with E-state index in [1.165, 1.54) is 24.3 Å². The van der Waals surface area contributed by atoms with Crippen LogP contribution in [0.2, 0.25) is 0 Å². The molecule has 0 aromatic heterocycles. The Morgan fingerprint density at radius 1 is 0.797 bits per heavy atom. The lowest BCUT2D eigenvalue weighted by atomic mass is 9.77. The number of fused-ring (bicyclic) bond motifs is 5. The van der Waals surface area contributed by atoms with E-state index >= 15 is 0 Å². The van der Waals surface area contributed by atoms with Gasteiger partial charge >= 0.3 is 5.97 Å². The van der Waals surface area contributed by atoms with Crippen molar-refractivity contribution in [2.75, 3.05) is 36.8 Å². The number of nitrogens with one attached hydrogen (secondary N) is 3. The lowest BCUT2D eigenvalue weighted by Crippen LogP contribution is -2.47. The van der Waals surface area contributed by atoms with Crippen LogP contribution in [-0.2, 0) is 54.9 Å². The third-order valence-electron chi connectivity index (χ3n) is 13.4. The highest BCUT2D eigenvalue weighted by Crippen LogP contribution is 2.51. The smallest absolute Gasteiger partial charge is 0.303 e. The Hall–Kier alpha value is -5.78. The van der Waals surface area contributed by atoms with E-state index in [0.29, 0.717) is 137 Å². The summed E-state index contributed by atoms with van der Waals surface area (Å²) in [6.45, 7) is 7.49. The number of allylic oxidation sites excluding steroid dienone is 9. The quantitative estimate of drug-likeness (QED) is 0.0606. The first kappa shape index (κ1) is 59.1. The predicted octanol–water partition coefficient (Wildman–Crippen LogP) is 6.96. The summed E-state index contributed by atoms with van der Waals surface area (Å²) in [5, 5.41) is 17.6. The van der Waals surface area contributed by atoms with Crippen LogP contribution in [0, 0.1) is 0 Å². The van der Waals surface area contributed by atoms with Crippen molar-refractivity contribution in [3.63, 3.8) is 0 Å². The normalized spacial score (nSPS) is 22.4. The van der Waals surface area contributed by atoms with Crippen LogP contribution in [0.5, 0.6) is 0 Å². The maximum absolute atomic E-state index is 13.3. The van der Waals surface area contributed by atoms with Crippen molar-refractivity contribution >= 4 is 76.7 Å². The van der Waals surface area contributed by atoms with Gasteiger partial charge in [-0.1, -0.05) is 56.2 Å². The Balaban J connectivity index is 1.42. The molecule has 0 saturated heterocycles. The van der Waals surface area contributed by atoms with Crippen LogP contribution in [0.25, 0.3) is 5.57 Å². The number of amides is 3. The number of hydrogen-bond donors (Lipinski definition) is 7. The van der Waals surface area contributed by atoms with Crippen molar-refractivity contribution in [2.45, 2.75) is 137 Å². The highest BCUT2D eigenvalue weighted by atomic mass is 32.2. The molecule has 3 amide bonds. The molecular formula is C52H70N5O14S3+. The van der Waals surface area contributed by atoms with Gasteiger partial charge in [-0.3, -0.25) is 32.8 Å². The van der Waals surface area contributed by atoms with Crippen LogP contribution >= 0.6 is 0 Å². The van der Waals surface area contributed by atoms with E-state index < -0.39 is 53.5 Å². The zero-order valence-corrected chi connectivity index (χ0v) is 44.3. The molecule has 7 N–H and O–H groups in total. The fourth-order valence-corrected chi connectivity index (χ4v) is 11.0. The highest BCUT2D eigenvalue weighted by Gasteiger charge is 2.43. The lowest BCUT2D eigenvalue weighted by molar-refractivity contribution is -0.436. The average molecular weight is 1090 g/mol. The van der Waals surface area contributed by atoms with E-state index in [-0.39, 0.29) is 59.7 Å². The molecule has 2 aromatic rings.